The molecule has 1 fully saturated rings. The largest absolute Gasteiger partial charge is 0.478 e. The zero-order chi connectivity index (χ0) is 14.2. The number of carboxylic acid groups (broad SMARTS) is 1. The highest BCUT2D eigenvalue weighted by molar-refractivity contribution is 5.94. The zero-order valence-electron chi connectivity index (χ0n) is 11.4. The summed E-state index contributed by atoms with van der Waals surface area (Å²) in [5.41, 5.74) is 0.834. The first kappa shape index (κ1) is 13.5. The Bertz CT molecular complexity index is 527. The molecular formula is C14H18N2O3. The monoisotopic (exact) mass is 262 g/mol. The number of aryl methyl sites for hydroxylation is 1. The van der Waals surface area contributed by atoms with Crippen LogP contribution >= 0.6 is 0 Å². The van der Waals surface area contributed by atoms with Crippen LogP contribution < -0.4 is 0 Å². The Hall–Kier alpha value is -1.91. The summed E-state index contributed by atoms with van der Waals surface area (Å²) >= 11 is 0. The Morgan fingerprint density at radius 1 is 1.37 bits per heavy atom. The summed E-state index contributed by atoms with van der Waals surface area (Å²) in [5.74, 6) is -0.637. The first-order valence-corrected chi connectivity index (χ1v) is 6.42. The summed E-state index contributed by atoms with van der Waals surface area (Å²) in [7, 11) is 0. The fourth-order valence-corrected chi connectivity index (χ4v) is 2.64. The Morgan fingerprint density at radius 2 is 2.05 bits per heavy atom. The zero-order valence-corrected chi connectivity index (χ0v) is 11.4. The molecule has 1 aromatic rings. The van der Waals surface area contributed by atoms with Crippen LogP contribution in [0.3, 0.4) is 0 Å². The maximum absolute atomic E-state index is 12.4. The first-order valence-electron chi connectivity index (χ1n) is 6.42. The summed E-state index contributed by atoms with van der Waals surface area (Å²) in [5, 5.41) is 8.95. The van der Waals surface area contributed by atoms with Gasteiger partial charge in [0.05, 0.1) is 11.3 Å². The number of rotatable bonds is 2. The molecule has 0 bridgehead atoms. The van der Waals surface area contributed by atoms with Crippen molar-refractivity contribution in [3.63, 3.8) is 0 Å². The van der Waals surface area contributed by atoms with Gasteiger partial charge in [0.25, 0.3) is 5.91 Å². The molecule has 1 amide bonds. The highest BCUT2D eigenvalue weighted by Gasteiger charge is 2.31. The molecule has 0 aliphatic carbocycles. The van der Waals surface area contributed by atoms with E-state index >= 15 is 0 Å². The molecule has 1 aromatic heterocycles. The van der Waals surface area contributed by atoms with E-state index in [4.69, 9.17) is 5.11 Å². The Labute approximate surface area is 112 Å². The molecule has 2 unspecified atom stereocenters. The first-order chi connectivity index (χ1) is 8.90. The normalized spacial score (nSPS) is 22.6. The maximum atomic E-state index is 12.4. The van der Waals surface area contributed by atoms with Crippen LogP contribution in [0.25, 0.3) is 0 Å². The summed E-state index contributed by atoms with van der Waals surface area (Å²) in [6, 6.07) is 3.15. The van der Waals surface area contributed by atoms with E-state index in [0.29, 0.717) is 17.3 Å². The topological polar surface area (TPSA) is 70.5 Å². The lowest BCUT2D eigenvalue weighted by Gasteiger charge is -2.21. The van der Waals surface area contributed by atoms with Crippen molar-refractivity contribution in [2.45, 2.75) is 33.2 Å². The van der Waals surface area contributed by atoms with Crippen molar-refractivity contribution >= 4 is 11.9 Å². The molecule has 2 heterocycles. The van der Waals surface area contributed by atoms with Crippen LogP contribution in [0, 0.1) is 12.8 Å². The van der Waals surface area contributed by atoms with E-state index in [-0.39, 0.29) is 17.5 Å². The van der Waals surface area contributed by atoms with Gasteiger partial charge in [-0.1, -0.05) is 6.92 Å². The molecule has 19 heavy (non-hydrogen) atoms. The summed E-state index contributed by atoms with van der Waals surface area (Å²) in [6.45, 7) is 6.49. The molecule has 0 spiro atoms. The summed E-state index contributed by atoms with van der Waals surface area (Å²) in [6.07, 6.45) is 0.998. The minimum atomic E-state index is -1.02. The molecule has 2 atom stereocenters. The minimum Gasteiger partial charge on any atom is -0.478 e. The van der Waals surface area contributed by atoms with Crippen LogP contribution in [0.5, 0.6) is 0 Å². The van der Waals surface area contributed by atoms with E-state index in [1.54, 1.807) is 6.92 Å². The second kappa shape index (κ2) is 4.99. The quantitative estimate of drug-likeness (QED) is 0.884. The smallest absolute Gasteiger partial charge is 0.337 e. The Morgan fingerprint density at radius 3 is 2.53 bits per heavy atom. The lowest BCUT2D eigenvalue weighted by atomic mass is 10.1. The predicted molar refractivity (Wildman–Crippen MR) is 70.2 cm³/mol. The predicted octanol–water partition coefficient (Wildman–Crippen LogP) is 1.96. The molecule has 102 valence electrons. The van der Waals surface area contributed by atoms with E-state index < -0.39 is 5.97 Å². The molecular weight excluding hydrogens is 244 g/mol. The number of carbonyl (C=O) groups is 2. The van der Waals surface area contributed by atoms with Gasteiger partial charge < -0.3 is 10.0 Å². The average Bonchev–Trinajstić information content (AvgIpc) is 2.67. The number of likely N-dealkylation sites (tertiary alicyclic amines) is 1. The number of amides is 1. The van der Waals surface area contributed by atoms with Gasteiger partial charge in [0.15, 0.2) is 0 Å². The molecule has 1 aliphatic rings. The second-order valence-electron chi connectivity index (χ2n) is 5.28. The molecule has 0 saturated carbocycles. The van der Waals surface area contributed by atoms with Crippen LogP contribution in [0.1, 0.15) is 46.8 Å². The Kier molecular flexibility index (Phi) is 3.55. The van der Waals surface area contributed by atoms with Gasteiger partial charge in [-0.05, 0) is 38.3 Å². The van der Waals surface area contributed by atoms with Crippen molar-refractivity contribution in [1.82, 2.24) is 9.88 Å². The van der Waals surface area contributed by atoms with Crippen molar-refractivity contribution in [3.05, 3.63) is 29.1 Å². The number of aromatic carboxylic acids is 1. The number of hydrogen-bond acceptors (Lipinski definition) is 3. The molecule has 0 aromatic carbocycles. The van der Waals surface area contributed by atoms with Gasteiger partial charge in [-0.15, -0.1) is 0 Å². The molecule has 5 nitrogen and oxygen atoms in total. The van der Waals surface area contributed by atoms with Crippen molar-refractivity contribution in [2.75, 3.05) is 6.54 Å². The van der Waals surface area contributed by atoms with Crippen molar-refractivity contribution in [3.8, 4) is 0 Å². The lowest BCUT2D eigenvalue weighted by molar-refractivity contribution is 0.0690. The summed E-state index contributed by atoms with van der Waals surface area (Å²) < 4.78 is 0. The fraction of sp³-hybridized carbons (Fsp3) is 0.500. The number of carbonyl (C=O) groups excluding carboxylic acids is 1. The third-order valence-corrected chi connectivity index (χ3v) is 3.58. The van der Waals surface area contributed by atoms with Gasteiger partial charge in [0.2, 0.25) is 0 Å². The average molecular weight is 262 g/mol. The molecule has 1 aliphatic heterocycles. The van der Waals surface area contributed by atoms with Crippen molar-refractivity contribution in [1.29, 1.82) is 0 Å². The fourth-order valence-electron chi connectivity index (χ4n) is 2.64. The number of nitrogens with zero attached hydrogens (tertiary/aromatic N) is 2. The van der Waals surface area contributed by atoms with Gasteiger partial charge in [-0.2, -0.15) is 0 Å². The van der Waals surface area contributed by atoms with Crippen LogP contribution in [-0.4, -0.2) is 39.5 Å². The van der Waals surface area contributed by atoms with Gasteiger partial charge in [0.1, 0.15) is 5.69 Å². The van der Waals surface area contributed by atoms with E-state index in [2.05, 4.69) is 11.9 Å². The minimum absolute atomic E-state index is 0.114. The van der Waals surface area contributed by atoms with E-state index in [0.717, 1.165) is 13.0 Å². The molecule has 1 N–H and O–H groups in total. The van der Waals surface area contributed by atoms with Gasteiger partial charge >= 0.3 is 5.97 Å². The summed E-state index contributed by atoms with van der Waals surface area (Å²) in [4.78, 5) is 29.2. The molecule has 5 heteroatoms. The second-order valence-corrected chi connectivity index (χ2v) is 5.28. The number of aromatic nitrogens is 1. The molecule has 2 rings (SSSR count). The van der Waals surface area contributed by atoms with E-state index in [1.807, 2.05) is 11.8 Å². The van der Waals surface area contributed by atoms with Gasteiger partial charge in [0, 0.05) is 12.6 Å². The number of carboxylic acids is 1. The maximum Gasteiger partial charge on any atom is 0.337 e. The third kappa shape index (κ3) is 2.59. The number of hydrogen-bond donors (Lipinski definition) is 1. The van der Waals surface area contributed by atoms with Crippen LogP contribution in [0.4, 0.5) is 0 Å². The number of pyridine rings is 1. The van der Waals surface area contributed by atoms with Gasteiger partial charge in [-0.3, -0.25) is 4.79 Å². The van der Waals surface area contributed by atoms with Crippen molar-refractivity contribution < 1.29 is 14.7 Å². The Balaban J connectivity index is 2.25. The van der Waals surface area contributed by atoms with E-state index in [9.17, 15) is 9.59 Å². The molecule has 0 radical (unpaired) electrons. The highest BCUT2D eigenvalue weighted by atomic mass is 16.4. The third-order valence-electron chi connectivity index (χ3n) is 3.58. The van der Waals surface area contributed by atoms with Crippen LogP contribution in [0.2, 0.25) is 0 Å². The highest BCUT2D eigenvalue weighted by Crippen LogP contribution is 2.24. The molecule has 1 saturated heterocycles. The SMILES string of the molecule is Cc1nc(C(=O)N2CC(C)CC2C)ccc1C(=O)O. The standard InChI is InChI=1S/C14H18N2O3/c1-8-6-9(2)16(7-8)13(17)12-5-4-11(14(18)19)10(3)15-12/h4-5,8-9H,6-7H2,1-3H3,(H,18,19). The van der Waals surface area contributed by atoms with E-state index in [1.165, 1.54) is 12.1 Å². The van der Waals surface area contributed by atoms with Crippen molar-refractivity contribution in [2.24, 2.45) is 5.92 Å². The lowest BCUT2D eigenvalue weighted by Crippen LogP contribution is -2.34. The van der Waals surface area contributed by atoms with Crippen LogP contribution in [0.15, 0.2) is 12.1 Å². The van der Waals surface area contributed by atoms with Crippen LogP contribution in [-0.2, 0) is 0 Å². The van der Waals surface area contributed by atoms with Gasteiger partial charge in [-0.25, -0.2) is 9.78 Å².